The molecule has 1 aliphatic rings. The Morgan fingerprint density at radius 3 is 2.85 bits per heavy atom. The third kappa shape index (κ3) is 4.90. The maximum Gasteiger partial charge on any atom is 0.124 e. The molecule has 20 heavy (non-hydrogen) atoms. The first-order valence-electron chi connectivity index (χ1n) is 6.95. The maximum atomic E-state index is 13.4. The van der Waals surface area contributed by atoms with Gasteiger partial charge in [0.2, 0.25) is 0 Å². The van der Waals surface area contributed by atoms with Crippen molar-refractivity contribution in [1.82, 2.24) is 4.90 Å². The van der Waals surface area contributed by atoms with Crippen molar-refractivity contribution >= 4 is 5.84 Å². The van der Waals surface area contributed by atoms with E-state index < -0.39 is 0 Å². The van der Waals surface area contributed by atoms with Gasteiger partial charge >= 0.3 is 0 Å². The van der Waals surface area contributed by atoms with Gasteiger partial charge in [0.05, 0.1) is 6.61 Å². The van der Waals surface area contributed by atoms with Crippen molar-refractivity contribution in [2.24, 2.45) is 11.7 Å². The van der Waals surface area contributed by atoms with Gasteiger partial charge in [0, 0.05) is 25.3 Å². The van der Waals surface area contributed by atoms with E-state index in [1.807, 2.05) is 7.05 Å². The molecule has 4 nitrogen and oxygen atoms in total. The number of nitrogen functional groups attached to an aromatic ring is 1. The molecule has 1 aromatic rings. The monoisotopic (exact) mass is 279 g/mol. The summed E-state index contributed by atoms with van der Waals surface area (Å²) in [4.78, 5) is 2.07. The first-order chi connectivity index (χ1) is 9.54. The van der Waals surface area contributed by atoms with E-state index in [-0.39, 0.29) is 11.7 Å². The number of amidine groups is 1. The van der Waals surface area contributed by atoms with Crippen molar-refractivity contribution in [1.29, 1.82) is 5.41 Å². The zero-order valence-electron chi connectivity index (χ0n) is 11.9. The highest BCUT2D eigenvalue weighted by Gasteiger charge is 2.20. The van der Waals surface area contributed by atoms with Gasteiger partial charge in [-0.2, -0.15) is 0 Å². The van der Waals surface area contributed by atoms with Gasteiger partial charge in [0.1, 0.15) is 11.7 Å². The molecule has 0 bridgehead atoms. The number of benzene rings is 1. The molecule has 0 saturated heterocycles. The molecule has 1 aliphatic carbocycles. The van der Waals surface area contributed by atoms with Crippen molar-refractivity contribution < 1.29 is 9.13 Å². The highest BCUT2D eigenvalue weighted by molar-refractivity contribution is 5.95. The van der Waals surface area contributed by atoms with Crippen LogP contribution in [0.1, 0.15) is 24.0 Å². The summed E-state index contributed by atoms with van der Waals surface area (Å²) in [6.45, 7) is 2.98. The van der Waals surface area contributed by atoms with E-state index in [1.165, 1.54) is 25.0 Å². The lowest BCUT2D eigenvalue weighted by Gasteiger charge is -2.17. The van der Waals surface area contributed by atoms with Crippen LogP contribution in [-0.2, 0) is 11.3 Å². The summed E-state index contributed by atoms with van der Waals surface area (Å²) in [7, 11) is 1.97. The minimum atomic E-state index is -0.355. The van der Waals surface area contributed by atoms with Crippen LogP contribution in [-0.4, -0.2) is 37.5 Å². The van der Waals surface area contributed by atoms with E-state index in [1.54, 1.807) is 6.07 Å². The molecule has 1 fully saturated rings. The zero-order valence-corrected chi connectivity index (χ0v) is 11.9. The standard InChI is InChI=1S/C15H22FN3O/c1-19(4-5-20-10-11-2-3-11)9-12-6-13(15(17)18)8-14(16)7-12/h6-8,11H,2-5,9-10H2,1H3,(H3,17,18). The lowest BCUT2D eigenvalue weighted by Crippen LogP contribution is -2.23. The van der Waals surface area contributed by atoms with Crippen molar-refractivity contribution in [2.75, 3.05) is 26.8 Å². The SMILES string of the molecule is CN(CCOCC1CC1)Cc1cc(F)cc(C(=N)N)c1. The highest BCUT2D eigenvalue weighted by atomic mass is 19.1. The molecule has 3 N–H and O–H groups in total. The summed E-state index contributed by atoms with van der Waals surface area (Å²) < 4.78 is 19.0. The average molecular weight is 279 g/mol. The Labute approximate surface area is 119 Å². The third-order valence-corrected chi connectivity index (χ3v) is 3.39. The number of hydrogen-bond acceptors (Lipinski definition) is 3. The van der Waals surface area contributed by atoms with Crippen LogP contribution in [0.5, 0.6) is 0 Å². The topological polar surface area (TPSA) is 62.3 Å². The van der Waals surface area contributed by atoms with Crippen molar-refractivity contribution in [3.05, 3.63) is 35.1 Å². The summed E-state index contributed by atoms with van der Waals surface area (Å²) in [6.07, 6.45) is 2.60. The van der Waals surface area contributed by atoms with Crippen LogP contribution in [0.15, 0.2) is 18.2 Å². The van der Waals surface area contributed by atoms with Crippen molar-refractivity contribution in [2.45, 2.75) is 19.4 Å². The van der Waals surface area contributed by atoms with E-state index in [4.69, 9.17) is 15.9 Å². The third-order valence-electron chi connectivity index (χ3n) is 3.39. The molecule has 0 aromatic heterocycles. The number of rotatable bonds is 8. The minimum absolute atomic E-state index is 0.110. The Balaban J connectivity index is 1.79. The number of nitrogens with one attached hydrogen (secondary N) is 1. The van der Waals surface area contributed by atoms with Gasteiger partial charge in [-0.25, -0.2) is 4.39 Å². The van der Waals surface area contributed by atoms with E-state index in [0.29, 0.717) is 18.7 Å². The number of nitrogens with zero attached hydrogens (tertiary/aromatic N) is 1. The number of likely N-dealkylation sites (N-methyl/N-ethyl adjacent to an activating group) is 1. The van der Waals surface area contributed by atoms with Gasteiger partial charge in [-0.1, -0.05) is 0 Å². The van der Waals surface area contributed by atoms with Crippen molar-refractivity contribution in [3.8, 4) is 0 Å². The summed E-state index contributed by atoms with van der Waals surface area (Å²) in [5.74, 6) is 0.314. The van der Waals surface area contributed by atoms with E-state index in [9.17, 15) is 4.39 Å². The van der Waals surface area contributed by atoms with Crippen LogP contribution in [0.2, 0.25) is 0 Å². The second-order valence-electron chi connectivity index (χ2n) is 5.52. The van der Waals surface area contributed by atoms with Crippen LogP contribution >= 0.6 is 0 Å². The first kappa shape index (κ1) is 14.9. The van der Waals surface area contributed by atoms with Crippen LogP contribution in [0.25, 0.3) is 0 Å². The van der Waals surface area contributed by atoms with E-state index in [2.05, 4.69) is 4.90 Å². The Bertz CT molecular complexity index is 474. The van der Waals surface area contributed by atoms with Gasteiger partial charge in [-0.3, -0.25) is 10.3 Å². The number of halogens is 1. The molecule has 1 saturated carbocycles. The normalized spacial score (nSPS) is 14.8. The van der Waals surface area contributed by atoms with Crippen LogP contribution < -0.4 is 5.73 Å². The molecule has 5 heteroatoms. The molecule has 110 valence electrons. The Morgan fingerprint density at radius 1 is 1.45 bits per heavy atom. The van der Waals surface area contributed by atoms with Gasteiger partial charge in [0.25, 0.3) is 0 Å². The summed E-state index contributed by atoms with van der Waals surface area (Å²) in [6, 6.07) is 4.52. The lowest BCUT2D eigenvalue weighted by atomic mass is 10.1. The lowest BCUT2D eigenvalue weighted by molar-refractivity contribution is 0.102. The van der Waals surface area contributed by atoms with E-state index in [0.717, 1.165) is 24.6 Å². The predicted molar refractivity (Wildman–Crippen MR) is 77.3 cm³/mol. The number of ether oxygens (including phenoxy) is 1. The van der Waals surface area contributed by atoms with Gasteiger partial charge in [-0.05, 0) is 49.6 Å². The molecule has 1 aromatic carbocycles. The molecule has 0 aliphatic heterocycles. The molecule has 0 atom stereocenters. The minimum Gasteiger partial charge on any atom is -0.384 e. The molecule has 0 heterocycles. The van der Waals surface area contributed by atoms with Crippen molar-refractivity contribution in [3.63, 3.8) is 0 Å². The van der Waals surface area contributed by atoms with Crippen LogP contribution in [0.4, 0.5) is 4.39 Å². The number of nitrogens with two attached hydrogens (primary N) is 1. The summed E-state index contributed by atoms with van der Waals surface area (Å²) >= 11 is 0. The first-order valence-corrected chi connectivity index (χ1v) is 6.95. The molecule has 2 rings (SSSR count). The second kappa shape index (κ2) is 6.81. The second-order valence-corrected chi connectivity index (χ2v) is 5.52. The summed E-state index contributed by atoms with van der Waals surface area (Å²) in [5, 5.41) is 7.37. The Kier molecular flexibility index (Phi) is 5.09. The molecular formula is C15H22FN3O. The molecule has 0 radical (unpaired) electrons. The Morgan fingerprint density at radius 2 is 2.20 bits per heavy atom. The number of hydrogen-bond donors (Lipinski definition) is 2. The maximum absolute atomic E-state index is 13.4. The van der Waals surface area contributed by atoms with Gasteiger partial charge in [-0.15, -0.1) is 0 Å². The molecular weight excluding hydrogens is 257 g/mol. The largest absolute Gasteiger partial charge is 0.384 e. The van der Waals surface area contributed by atoms with Gasteiger partial charge < -0.3 is 10.5 Å². The average Bonchev–Trinajstić information content (AvgIpc) is 3.18. The predicted octanol–water partition coefficient (Wildman–Crippen LogP) is 1.97. The quantitative estimate of drug-likeness (QED) is 0.434. The van der Waals surface area contributed by atoms with Crippen LogP contribution in [0, 0.1) is 17.1 Å². The zero-order chi connectivity index (χ0) is 14.5. The molecule has 0 unspecified atom stereocenters. The summed E-state index contributed by atoms with van der Waals surface area (Å²) in [5.41, 5.74) is 6.65. The smallest absolute Gasteiger partial charge is 0.124 e. The van der Waals surface area contributed by atoms with Gasteiger partial charge in [0.15, 0.2) is 0 Å². The highest BCUT2D eigenvalue weighted by Crippen LogP contribution is 2.28. The fourth-order valence-corrected chi connectivity index (χ4v) is 2.04. The van der Waals surface area contributed by atoms with E-state index >= 15 is 0 Å². The molecule has 0 spiro atoms. The molecule has 0 amide bonds. The Hall–Kier alpha value is -1.46. The fourth-order valence-electron chi connectivity index (χ4n) is 2.04. The van der Waals surface area contributed by atoms with Crippen LogP contribution in [0.3, 0.4) is 0 Å². The fraction of sp³-hybridized carbons (Fsp3) is 0.533.